The van der Waals surface area contributed by atoms with Crippen molar-refractivity contribution in [3.8, 4) is 0 Å². The highest BCUT2D eigenvalue weighted by Gasteiger charge is 2.20. The van der Waals surface area contributed by atoms with Gasteiger partial charge >= 0.3 is 0 Å². The van der Waals surface area contributed by atoms with Crippen molar-refractivity contribution in [2.75, 3.05) is 0 Å². The molecule has 6 nitrogen and oxygen atoms in total. The fourth-order valence-electron chi connectivity index (χ4n) is 3.01. The Morgan fingerprint density at radius 2 is 2.00 bits per heavy atom. The molecule has 0 aliphatic heterocycles. The first-order valence-corrected chi connectivity index (χ1v) is 8.07. The van der Waals surface area contributed by atoms with E-state index in [-0.39, 0.29) is 23.6 Å². The SMILES string of the molecule is O=C(CCc1nc2ccccc2c(=O)[nH]1)NC1CCC(O)CC1. The van der Waals surface area contributed by atoms with Gasteiger partial charge in [-0.05, 0) is 37.8 Å². The second-order valence-corrected chi connectivity index (χ2v) is 6.10. The van der Waals surface area contributed by atoms with Crippen LogP contribution in [0.15, 0.2) is 29.1 Å². The number of fused-ring (bicyclic) bond motifs is 1. The lowest BCUT2D eigenvalue weighted by molar-refractivity contribution is -0.122. The Kier molecular flexibility index (Phi) is 4.71. The van der Waals surface area contributed by atoms with Crippen LogP contribution in [0, 0.1) is 0 Å². The lowest BCUT2D eigenvalue weighted by atomic mass is 9.93. The van der Waals surface area contributed by atoms with Gasteiger partial charge in [0.1, 0.15) is 5.82 Å². The Bertz CT molecular complexity index is 748. The molecule has 2 aromatic rings. The maximum absolute atomic E-state index is 12.0. The first-order valence-electron chi connectivity index (χ1n) is 8.07. The second kappa shape index (κ2) is 6.91. The number of benzene rings is 1. The fraction of sp³-hybridized carbons (Fsp3) is 0.471. The van der Waals surface area contributed by atoms with E-state index in [1.54, 1.807) is 18.2 Å². The zero-order valence-corrected chi connectivity index (χ0v) is 12.9. The van der Waals surface area contributed by atoms with Gasteiger partial charge in [-0.2, -0.15) is 0 Å². The van der Waals surface area contributed by atoms with Crippen molar-refractivity contribution in [3.63, 3.8) is 0 Å². The summed E-state index contributed by atoms with van der Waals surface area (Å²) in [6.45, 7) is 0. The molecule has 3 rings (SSSR count). The van der Waals surface area contributed by atoms with Crippen LogP contribution in [0.4, 0.5) is 0 Å². The van der Waals surface area contributed by atoms with Crippen molar-refractivity contribution in [2.45, 2.75) is 50.7 Å². The van der Waals surface area contributed by atoms with Gasteiger partial charge in [-0.25, -0.2) is 4.98 Å². The molecule has 0 saturated heterocycles. The van der Waals surface area contributed by atoms with Gasteiger partial charge in [0.25, 0.3) is 5.56 Å². The highest BCUT2D eigenvalue weighted by Crippen LogP contribution is 2.18. The van der Waals surface area contributed by atoms with Gasteiger partial charge in [0.05, 0.1) is 17.0 Å². The van der Waals surface area contributed by atoms with Gasteiger partial charge in [-0.1, -0.05) is 12.1 Å². The van der Waals surface area contributed by atoms with E-state index in [4.69, 9.17) is 0 Å². The number of aliphatic hydroxyl groups is 1. The highest BCUT2D eigenvalue weighted by atomic mass is 16.3. The molecule has 1 heterocycles. The zero-order chi connectivity index (χ0) is 16.2. The lowest BCUT2D eigenvalue weighted by Crippen LogP contribution is -2.38. The monoisotopic (exact) mass is 315 g/mol. The zero-order valence-electron chi connectivity index (χ0n) is 12.9. The molecule has 1 fully saturated rings. The summed E-state index contributed by atoms with van der Waals surface area (Å²) in [7, 11) is 0. The number of carbonyl (C=O) groups is 1. The van der Waals surface area contributed by atoms with Crippen LogP contribution in [0.5, 0.6) is 0 Å². The van der Waals surface area contributed by atoms with E-state index in [0.717, 1.165) is 25.7 Å². The third-order valence-corrected chi connectivity index (χ3v) is 4.31. The van der Waals surface area contributed by atoms with Crippen LogP contribution in [0.25, 0.3) is 10.9 Å². The molecule has 6 heteroatoms. The maximum atomic E-state index is 12.0. The maximum Gasteiger partial charge on any atom is 0.258 e. The number of rotatable bonds is 4. The first-order chi connectivity index (χ1) is 11.1. The molecule has 0 spiro atoms. The van der Waals surface area contributed by atoms with E-state index in [1.165, 1.54) is 0 Å². The molecular formula is C17H21N3O3. The molecule has 0 atom stereocenters. The van der Waals surface area contributed by atoms with Crippen LogP contribution >= 0.6 is 0 Å². The quantitative estimate of drug-likeness (QED) is 0.792. The number of aryl methyl sites for hydroxylation is 1. The average Bonchev–Trinajstić information content (AvgIpc) is 2.55. The fourth-order valence-corrected chi connectivity index (χ4v) is 3.01. The molecule has 122 valence electrons. The number of carbonyl (C=O) groups excluding carboxylic acids is 1. The molecule has 1 aliphatic rings. The van der Waals surface area contributed by atoms with Gasteiger partial charge in [0, 0.05) is 18.9 Å². The molecule has 0 radical (unpaired) electrons. The van der Waals surface area contributed by atoms with Gasteiger partial charge in [-0.3, -0.25) is 9.59 Å². The highest BCUT2D eigenvalue weighted by molar-refractivity contribution is 5.78. The predicted octanol–water partition coefficient (Wildman–Crippen LogP) is 1.28. The van der Waals surface area contributed by atoms with Crippen molar-refractivity contribution in [2.24, 2.45) is 0 Å². The molecule has 1 saturated carbocycles. The number of aliphatic hydroxyl groups excluding tert-OH is 1. The summed E-state index contributed by atoms with van der Waals surface area (Å²) in [6, 6.07) is 7.31. The summed E-state index contributed by atoms with van der Waals surface area (Å²) >= 11 is 0. The topological polar surface area (TPSA) is 95.1 Å². The molecule has 23 heavy (non-hydrogen) atoms. The minimum atomic E-state index is -0.227. The largest absolute Gasteiger partial charge is 0.393 e. The Morgan fingerprint density at radius 3 is 2.78 bits per heavy atom. The number of nitrogens with one attached hydrogen (secondary N) is 2. The van der Waals surface area contributed by atoms with E-state index in [9.17, 15) is 14.7 Å². The normalized spacial score (nSPS) is 21.3. The van der Waals surface area contributed by atoms with Crippen molar-refractivity contribution >= 4 is 16.8 Å². The molecule has 1 aromatic heterocycles. The van der Waals surface area contributed by atoms with E-state index in [0.29, 0.717) is 29.6 Å². The summed E-state index contributed by atoms with van der Waals surface area (Å²) in [6.07, 6.45) is 3.59. The number of para-hydroxylation sites is 1. The number of amides is 1. The number of aromatic amines is 1. The first kappa shape index (κ1) is 15.7. The lowest BCUT2D eigenvalue weighted by Gasteiger charge is -2.26. The summed E-state index contributed by atoms with van der Waals surface area (Å²) in [5, 5.41) is 13.0. The Morgan fingerprint density at radius 1 is 1.26 bits per heavy atom. The Labute approximate surface area is 133 Å². The van der Waals surface area contributed by atoms with E-state index >= 15 is 0 Å². The number of hydrogen-bond acceptors (Lipinski definition) is 4. The van der Waals surface area contributed by atoms with Crippen molar-refractivity contribution in [1.82, 2.24) is 15.3 Å². The van der Waals surface area contributed by atoms with Gasteiger partial charge in [0.15, 0.2) is 0 Å². The summed E-state index contributed by atoms with van der Waals surface area (Å²) in [5.41, 5.74) is 0.472. The van der Waals surface area contributed by atoms with Crippen LogP contribution in [0.2, 0.25) is 0 Å². The second-order valence-electron chi connectivity index (χ2n) is 6.10. The van der Waals surface area contributed by atoms with Crippen LogP contribution < -0.4 is 10.9 Å². The third-order valence-electron chi connectivity index (χ3n) is 4.31. The molecule has 1 amide bonds. The minimum Gasteiger partial charge on any atom is -0.393 e. The standard InChI is InChI=1S/C17H21N3O3/c21-12-7-5-11(6-8-12)18-16(22)10-9-15-19-14-4-2-1-3-13(14)17(23)20-15/h1-4,11-12,21H,5-10H2,(H,18,22)(H,19,20,23). The van der Waals surface area contributed by atoms with Crippen LogP contribution in [0.1, 0.15) is 37.9 Å². The number of hydrogen-bond donors (Lipinski definition) is 3. The number of H-pyrrole nitrogens is 1. The van der Waals surface area contributed by atoms with Crippen LogP contribution in [-0.2, 0) is 11.2 Å². The molecular weight excluding hydrogens is 294 g/mol. The molecule has 0 unspecified atom stereocenters. The predicted molar refractivity (Wildman–Crippen MR) is 87.1 cm³/mol. The van der Waals surface area contributed by atoms with Crippen molar-refractivity contribution in [1.29, 1.82) is 0 Å². The summed E-state index contributed by atoms with van der Waals surface area (Å²) in [5.74, 6) is 0.491. The summed E-state index contributed by atoms with van der Waals surface area (Å²) in [4.78, 5) is 31.1. The smallest absolute Gasteiger partial charge is 0.258 e. The van der Waals surface area contributed by atoms with Crippen molar-refractivity contribution in [3.05, 3.63) is 40.4 Å². The molecule has 1 aromatic carbocycles. The van der Waals surface area contributed by atoms with E-state index in [2.05, 4.69) is 15.3 Å². The van der Waals surface area contributed by atoms with Gasteiger partial charge < -0.3 is 15.4 Å². The van der Waals surface area contributed by atoms with Crippen LogP contribution in [0.3, 0.4) is 0 Å². The minimum absolute atomic E-state index is 0.0396. The van der Waals surface area contributed by atoms with Crippen LogP contribution in [-0.4, -0.2) is 33.1 Å². The number of nitrogens with zero attached hydrogens (tertiary/aromatic N) is 1. The molecule has 3 N–H and O–H groups in total. The summed E-state index contributed by atoms with van der Waals surface area (Å²) < 4.78 is 0. The van der Waals surface area contributed by atoms with Gasteiger partial charge in [0.2, 0.25) is 5.91 Å². The van der Waals surface area contributed by atoms with Gasteiger partial charge in [-0.15, -0.1) is 0 Å². The average molecular weight is 315 g/mol. The van der Waals surface area contributed by atoms with E-state index < -0.39 is 0 Å². The Hall–Kier alpha value is -2.21. The Balaban J connectivity index is 1.57. The van der Waals surface area contributed by atoms with Crippen molar-refractivity contribution < 1.29 is 9.90 Å². The molecule has 0 bridgehead atoms. The molecule has 1 aliphatic carbocycles. The van der Waals surface area contributed by atoms with E-state index in [1.807, 2.05) is 6.07 Å². The number of aromatic nitrogens is 2. The third kappa shape index (κ3) is 3.96.